The summed E-state index contributed by atoms with van der Waals surface area (Å²) < 4.78 is 12.9. The van der Waals surface area contributed by atoms with Gasteiger partial charge in [-0.25, -0.2) is 9.97 Å². The summed E-state index contributed by atoms with van der Waals surface area (Å²) in [4.78, 5) is 12.7. The molecule has 0 aromatic carbocycles. The largest absolute Gasteiger partial charge is 0.379 e. The lowest BCUT2D eigenvalue weighted by atomic mass is 10.2. The van der Waals surface area contributed by atoms with E-state index in [9.17, 15) is 0 Å². The van der Waals surface area contributed by atoms with Crippen LogP contribution in [-0.4, -0.2) is 60.0 Å². The van der Waals surface area contributed by atoms with E-state index in [-0.39, 0.29) is 30.1 Å². The first kappa shape index (κ1) is 21.6. The molecular formula is C18H27IN6O2. The van der Waals surface area contributed by atoms with Crippen LogP contribution in [0.15, 0.2) is 42.0 Å². The van der Waals surface area contributed by atoms with Gasteiger partial charge in [0.1, 0.15) is 12.1 Å². The van der Waals surface area contributed by atoms with Gasteiger partial charge in [0.25, 0.3) is 0 Å². The zero-order valence-corrected chi connectivity index (χ0v) is 17.8. The van der Waals surface area contributed by atoms with Crippen LogP contribution in [0, 0.1) is 0 Å². The zero-order valence-electron chi connectivity index (χ0n) is 15.5. The van der Waals surface area contributed by atoms with E-state index in [4.69, 9.17) is 9.47 Å². The maximum Gasteiger partial charge on any atom is 0.191 e. The van der Waals surface area contributed by atoms with Gasteiger partial charge >= 0.3 is 0 Å². The second kappa shape index (κ2) is 11.9. The predicted octanol–water partition coefficient (Wildman–Crippen LogP) is 1.75. The first-order valence-electron chi connectivity index (χ1n) is 8.92. The molecule has 1 unspecified atom stereocenters. The van der Waals surface area contributed by atoms with Gasteiger partial charge in [-0.1, -0.05) is 0 Å². The Balaban J connectivity index is 0.00000261. The highest BCUT2D eigenvalue weighted by atomic mass is 127. The quantitative estimate of drug-likeness (QED) is 0.256. The smallest absolute Gasteiger partial charge is 0.191 e. The molecule has 1 fully saturated rings. The lowest BCUT2D eigenvalue weighted by Crippen LogP contribution is -2.37. The summed E-state index contributed by atoms with van der Waals surface area (Å²) in [6.45, 7) is 3.75. The summed E-state index contributed by atoms with van der Waals surface area (Å²) in [6.07, 6.45) is 9.35. The Kier molecular flexibility index (Phi) is 9.50. The van der Waals surface area contributed by atoms with Gasteiger partial charge in [0.2, 0.25) is 0 Å². The molecule has 2 aromatic heterocycles. The average molecular weight is 486 g/mol. The van der Waals surface area contributed by atoms with Gasteiger partial charge in [0.15, 0.2) is 5.96 Å². The zero-order chi connectivity index (χ0) is 18.0. The molecule has 0 radical (unpaired) electrons. The molecule has 2 N–H and O–H groups in total. The molecule has 0 spiro atoms. The summed E-state index contributed by atoms with van der Waals surface area (Å²) in [5.74, 6) is 1.62. The van der Waals surface area contributed by atoms with Crippen LogP contribution in [0.1, 0.15) is 18.4 Å². The molecule has 27 heavy (non-hydrogen) atoms. The molecule has 0 bridgehead atoms. The third-order valence-electron chi connectivity index (χ3n) is 4.12. The van der Waals surface area contributed by atoms with Crippen LogP contribution < -0.4 is 10.6 Å². The molecule has 1 aliphatic rings. The van der Waals surface area contributed by atoms with E-state index in [2.05, 4.69) is 25.6 Å². The number of imidazole rings is 1. The first-order chi connectivity index (χ1) is 12.8. The number of aliphatic imine (C=N–C) groups is 1. The van der Waals surface area contributed by atoms with Crippen molar-refractivity contribution >= 4 is 29.9 Å². The van der Waals surface area contributed by atoms with E-state index in [1.807, 2.05) is 22.9 Å². The van der Waals surface area contributed by atoms with E-state index in [1.54, 1.807) is 25.8 Å². The molecule has 0 amide bonds. The lowest BCUT2D eigenvalue weighted by Gasteiger charge is -2.13. The number of halogens is 1. The summed E-state index contributed by atoms with van der Waals surface area (Å²) in [7, 11) is 1.77. The Bertz CT molecular complexity index is 689. The van der Waals surface area contributed by atoms with Crippen molar-refractivity contribution in [2.45, 2.75) is 25.5 Å². The highest BCUT2D eigenvalue weighted by Gasteiger charge is 2.15. The molecule has 8 nitrogen and oxygen atoms in total. The van der Waals surface area contributed by atoms with Gasteiger partial charge < -0.3 is 20.1 Å². The molecule has 9 heteroatoms. The van der Waals surface area contributed by atoms with Crippen molar-refractivity contribution in [1.29, 1.82) is 0 Å². The van der Waals surface area contributed by atoms with Crippen LogP contribution in [-0.2, 0) is 16.0 Å². The number of nitrogens with one attached hydrogen (secondary N) is 2. The van der Waals surface area contributed by atoms with Gasteiger partial charge in [0, 0.05) is 51.9 Å². The molecular weight excluding hydrogens is 459 g/mol. The highest BCUT2D eigenvalue weighted by Crippen LogP contribution is 2.08. The summed E-state index contributed by atoms with van der Waals surface area (Å²) >= 11 is 0. The maximum atomic E-state index is 5.76. The Morgan fingerprint density at radius 3 is 3.07 bits per heavy atom. The number of aromatic nitrogens is 3. The molecule has 2 aromatic rings. The number of pyridine rings is 1. The predicted molar refractivity (Wildman–Crippen MR) is 115 cm³/mol. The van der Waals surface area contributed by atoms with Crippen LogP contribution in [0.4, 0.5) is 0 Å². The lowest BCUT2D eigenvalue weighted by molar-refractivity contribution is 0.0420. The molecule has 1 aliphatic heterocycles. The number of hydrogen-bond acceptors (Lipinski definition) is 5. The van der Waals surface area contributed by atoms with Crippen LogP contribution in [0.25, 0.3) is 5.82 Å². The van der Waals surface area contributed by atoms with Crippen molar-refractivity contribution in [2.75, 3.05) is 33.4 Å². The second-order valence-electron chi connectivity index (χ2n) is 6.05. The third-order valence-corrected chi connectivity index (χ3v) is 4.12. The van der Waals surface area contributed by atoms with Crippen molar-refractivity contribution in [1.82, 2.24) is 25.2 Å². The number of rotatable bonds is 8. The van der Waals surface area contributed by atoms with Gasteiger partial charge in [0.05, 0.1) is 12.7 Å². The van der Waals surface area contributed by atoms with Crippen LogP contribution in [0.5, 0.6) is 0 Å². The monoisotopic (exact) mass is 486 g/mol. The minimum absolute atomic E-state index is 0. The topological polar surface area (TPSA) is 85.6 Å². The Hall–Kier alpha value is -1.72. The SMILES string of the molecule is CN=C(NCCCOC1CCOC1)NCc1ccnc(-n2ccnc2)c1.I. The summed E-state index contributed by atoms with van der Waals surface area (Å²) in [6, 6.07) is 4.01. The van der Waals surface area contributed by atoms with Gasteiger partial charge in [-0.15, -0.1) is 24.0 Å². The molecule has 0 saturated carbocycles. The van der Waals surface area contributed by atoms with Gasteiger partial charge in [-0.2, -0.15) is 0 Å². The number of ether oxygens (including phenoxy) is 2. The van der Waals surface area contributed by atoms with Crippen molar-refractivity contribution < 1.29 is 9.47 Å². The van der Waals surface area contributed by atoms with Crippen molar-refractivity contribution in [2.24, 2.45) is 4.99 Å². The summed E-state index contributed by atoms with van der Waals surface area (Å²) in [5, 5.41) is 6.62. The normalized spacial score (nSPS) is 16.8. The molecule has 1 atom stereocenters. The second-order valence-corrected chi connectivity index (χ2v) is 6.05. The van der Waals surface area contributed by atoms with Crippen LogP contribution in [0.2, 0.25) is 0 Å². The van der Waals surface area contributed by atoms with E-state index < -0.39 is 0 Å². The fourth-order valence-corrected chi connectivity index (χ4v) is 2.69. The Labute approximate surface area is 176 Å². The van der Waals surface area contributed by atoms with Gasteiger partial charge in [-0.05, 0) is 30.5 Å². The van der Waals surface area contributed by atoms with E-state index in [0.717, 1.165) is 56.5 Å². The fraction of sp³-hybridized carbons (Fsp3) is 0.500. The maximum absolute atomic E-state index is 5.76. The van der Waals surface area contributed by atoms with E-state index >= 15 is 0 Å². The average Bonchev–Trinajstić information content (AvgIpc) is 3.38. The third kappa shape index (κ3) is 7.07. The molecule has 3 heterocycles. The highest BCUT2D eigenvalue weighted by molar-refractivity contribution is 14.0. The van der Waals surface area contributed by atoms with Crippen molar-refractivity contribution in [3.8, 4) is 5.82 Å². The van der Waals surface area contributed by atoms with Gasteiger partial charge in [-0.3, -0.25) is 9.56 Å². The van der Waals surface area contributed by atoms with Crippen molar-refractivity contribution in [3.63, 3.8) is 0 Å². The molecule has 0 aliphatic carbocycles. The molecule has 3 rings (SSSR count). The Morgan fingerprint density at radius 2 is 2.33 bits per heavy atom. The molecule has 1 saturated heterocycles. The minimum Gasteiger partial charge on any atom is -0.379 e. The minimum atomic E-state index is 0. The Morgan fingerprint density at radius 1 is 1.41 bits per heavy atom. The van der Waals surface area contributed by atoms with E-state index in [0.29, 0.717) is 6.54 Å². The van der Waals surface area contributed by atoms with Crippen LogP contribution in [0.3, 0.4) is 0 Å². The van der Waals surface area contributed by atoms with Crippen LogP contribution >= 0.6 is 24.0 Å². The standard InChI is InChI=1S/C18H26N6O2.HI/c1-19-18(22-5-2-9-26-16-4-10-25-13-16)23-12-15-3-6-21-17(11-15)24-8-7-20-14-24;/h3,6-8,11,14,16H,2,4-5,9-10,12-13H2,1H3,(H2,19,22,23);1H. The number of nitrogens with zero attached hydrogens (tertiary/aromatic N) is 4. The van der Waals surface area contributed by atoms with Crippen molar-refractivity contribution in [3.05, 3.63) is 42.6 Å². The first-order valence-corrected chi connectivity index (χ1v) is 8.92. The molecule has 148 valence electrons. The van der Waals surface area contributed by atoms with E-state index in [1.165, 1.54) is 0 Å². The number of hydrogen-bond donors (Lipinski definition) is 2. The summed E-state index contributed by atoms with van der Waals surface area (Å²) in [5.41, 5.74) is 1.12. The number of guanidine groups is 1. The fourth-order valence-electron chi connectivity index (χ4n) is 2.69.